The Hall–Kier alpha value is -4.30. The van der Waals surface area contributed by atoms with E-state index in [9.17, 15) is 0 Å². The van der Waals surface area contributed by atoms with Crippen LogP contribution in [0.2, 0.25) is 0 Å². The molecule has 0 N–H and O–H groups in total. The molecule has 0 unspecified atom stereocenters. The highest BCUT2D eigenvalue weighted by molar-refractivity contribution is 5.87. The van der Waals surface area contributed by atoms with Gasteiger partial charge in [0, 0.05) is 39.4 Å². The van der Waals surface area contributed by atoms with E-state index >= 15 is 0 Å². The van der Waals surface area contributed by atoms with E-state index in [-0.39, 0.29) is 21.7 Å². The number of nitrogens with zero attached hydrogens (tertiary/aromatic N) is 1. The van der Waals surface area contributed by atoms with E-state index in [4.69, 9.17) is 4.74 Å². The lowest BCUT2D eigenvalue weighted by Gasteiger charge is -2.63. The largest absolute Gasteiger partial charge is 0.457 e. The van der Waals surface area contributed by atoms with Gasteiger partial charge in [-0.15, -0.1) is 0 Å². The van der Waals surface area contributed by atoms with Crippen LogP contribution in [0.5, 0.6) is 11.5 Å². The first-order valence-electron chi connectivity index (χ1n) is 20.6. The number of fused-ring (bicyclic) bond motifs is 6. The zero-order valence-electron chi connectivity index (χ0n) is 32.4. The zero-order chi connectivity index (χ0) is 36.1. The van der Waals surface area contributed by atoms with Crippen molar-refractivity contribution in [3.8, 4) is 22.6 Å². The van der Waals surface area contributed by atoms with Gasteiger partial charge in [-0.3, -0.25) is 0 Å². The molecule has 5 aromatic rings. The first-order valence-corrected chi connectivity index (χ1v) is 20.6. The Morgan fingerprint density at radius 2 is 1.11 bits per heavy atom. The summed E-state index contributed by atoms with van der Waals surface area (Å²) in [5.74, 6) is 5.33. The van der Waals surface area contributed by atoms with Gasteiger partial charge in [-0.05, 0) is 143 Å². The minimum Gasteiger partial charge on any atom is -0.457 e. The predicted molar refractivity (Wildman–Crippen MR) is 218 cm³/mol. The van der Waals surface area contributed by atoms with Gasteiger partial charge < -0.3 is 9.64 Å². The van der Waals surface area contributed by atoms with Crippen molar-refractivity contribution >= 4 is 17.1 Å². The van der Waals surface area contributed by atoms with Crippen molar-refractivity contribution in [1.82, 2.24) is 0 Å². The van der Waals surface area contributed by atoms with Crippen LogP contribution in [0.25, 0.3) is 11.1 Å². The molecule has 0 radical (unpaired) electrons. The van der Waals surface area contributed by atoms with Crippen molar-refractivity contribution in [1.29, 1.82) is 0 Å². The number of hydrogen-bond donors (Lipinski definition) is 0. The smallest absolute Gasteiger partial charge is 0.133 e. The topological polar surface area (TPSA) is 12.5 Å². The summed E-state index contributed by atoms with van der Waals surface area (Å²) in [6.45, 7) is 14.6. The third-order valence-electron chi connectivity index (χ3n) is 15.5. The minimum atomic E-state index is -0.0838. The van der Waals surface area contributed by atoms with Crippen molar-refractivity contribution in [3.63, 3.8) is 0 Å². The maximum atomic E-state index is 7.08. The molecule has 5 aromatic carbocycles. The molecule has 0 aromatic heterocycles. The number of hydrogen-bond acceptors (Lipinski definition) is 2. The van der Waals surface area contributed by atoms with Crippen LogP contribution in [-0.4, -0.2) is 0 Å². The molecular weight excluding hydrogens is 643 g/mol. The third kappa shape index (κ3) is 4.27. The first kappa shape index (κ1) is 32.2. The molecule has 7 aliphatic rings. The molecular formula is C51H53NO. The van der Waals surface area contributed by atoms with Crippen LogP contribution >= 0.6 is 0 Å². The second kappa shape index (κ2) is 10.7. The second-order valence-electron chi connectivity index (χ2n) is 19.7. The van der Waals surface area contributed by atoms with E-state index in [1.807, 2.05) is 0 Å². The van der Waals surface area contributed by atoms with Crippen LogP contribution in [0.3, 0.4) is 0 Å². The summed E-state index contributed by atoms with van der Waals surface area (Å²) in [4.78, 5) is 2.59. The van der Waals surface area contributed by atoms with Crippen molar-refractivity contribution in [3.05, 3.63) is 137 Å². The molecule has 4 saturated carbocycles. The molecule has 268 valence electrons. The zero-order valence-corrected chi connectivity index (χ0v) is 32.4. The molecule has 2 heteroatoms. The summed E-state index contributed by atoms with van der Waals surface area (Å²) in [5, 5.41) is 0. The van der Waals surface area contributed by atoms with E-state index in [1.54, 1.807) is 0 Å². The summed E-state index contributed by atoms with van der Waals surface area (Å²) >= 11 is 0. The average molecular weight is 696 g/mol. The fraction of sp³-hybridized carbons (Fsp3) is 0.412. The van der Waals surface area contributed by atoms with Crippen molar-refractivity contribution < 1.29 is 4.74 Å². The van der Waals surface area contributed by atoms with Crippen LogP contribution in [-0.2, 0) is 21.7 Å². The van der Waals surface area contributed by atoms with Gasteiger partial charge in [-0.2, -0.15) is 0 Å². The molecule has 2 nitrogen and oxygen atoms in total. The maximum Gasteiger partial charge on any atom is 0.133 e. The summed E-state index contributed by atoms with van der Waals surface area (Å²) in [5.41, 5.74) is 15.2. The van der Waals surface area contributed by atoms with E-state index in [2.05, 4.69) is 150 Å². The van der Waals surface area contributed by atoms with E-state index in [1.165, 1.54) is 107 Å². The van der Waals surface area contributed by atoms with Gasteiger partial charge in [0.15, 0.2) is 0 Å². The molecule has 1 heterocycles. The van der Waals surface area contributed by atoms with Gasteiger partial charge >= 0.3 is 0 Å². The lowest BCUT2D eigenvalue weighted by Crippen LogP contribution is -2.56. The highest BCUT2D eigenvalue weighted by Crippen LogP contribution is 2.69. The van der Waals surface area contributed by atoms with Crippen molar-refractivity contribution in [2.24, 2.45) is 23.7 Å². The fourth-order valence-corrected chi connectivity index (χ4v) is 13.2. The van der Waals surface area contributed by atoms with Crippen LogP contribution in [0.4, 0.5) is 17.1 Å². The van der Waals surface area contributed by atoms with Gasteiger partial charge in [0.25, 0.3) is 0 Å². The number of anilines is 3. The molecule has 6 aliphatic carbocycles. The van der Waals surface area contributed by atoms with Crippen LogP contribution in [0.1, 0.15) is 120 Å². The second-order valence-corrected chi connectivity index (χ2v) is 19.7. The third-order valence-corrected chi connectivity index (χ3v) is 15.5. The number of rotatable bonds is 3. The average Bonchev–Trinajstić information content (AvgIpc) is 3.37. The van der Waals surface area contributed by atoms with Crippen molar-refractivity contribution in [2.45, 2.75) is 108 Å². The summed E-state index contributed by atoms with van der Waals surface area (Å²) in [6.07, 6.45) is 9.28. The molecule has 4 fully saturated rings. The van der Waals surface area contributed by atoms with Gasteiger partial charge in [0.2, 0.25) is 0 Å². The number of benzene rings is 5. The molecule has 12 rings (SSSR count). The Balaban J connectivity index is 1.14. The van der Waals surface area contributed by atoms with E-state index < -0.39 is 0 Å². The van der Waals surface area contributed by atoms with Gasteiger partial charge in [0.05, 0.1) is 5.69 Å². The quantitative estimate of drug-likeness (QED) is 0.186. The molecule has 0 saturated heterocycles. The Bertz CT molecular complexity index is 2310. The summed E-state index contributed by atoms with van der Waals surface area (Å²) in [7, 11) is 0. The van der Waals surface area contributed by atoms with E-state index in [0.717, 1.165) is 23.3 Å². The monoisotopic (exact) mass is 695 g/mol. The lowest BCUT2D eigenvalue weighted by molar-refractivity contribution is -0.0452. The summed E-state index contributed by atoms with van der Waals surface area (Å²) < 4.78 is 7.08. The van der Waals surface area contributed by atoms with Gasteiger partial charge in [0.1, 0.15) is 11.5 Å². The van der Waals surface area contributed by atoms with E-state index in [0.29, 0.717) is 11.8 Å². The minimum absolute atomic E-state index is 0.0417. The number of para-hydroxylation sites is 1. The Morgan fingerprint density at radius 1 is 0.509 bits per heavy atom. The molecule has 0 amide bonds. The Labute approximate surface area is 316 Å². The maximum absolute atomic E-state index is 7.08. The Morgan fingerprint density at radius 3 is 1.89 bits per heavy atom. The normalized spacial score (nSPS) is 28.3. The Kier molecular flexibility index (Phi) is 6.48. The van der Waals surface area contributed by atoms with Crippen LogP contribution in [0.15, 0.2) is 103 Å². The van der Waals surface area contributed by atoms with Gasteiger partial charge in [-0.25, -0.2) is 0 Å². The molecule has 53 heavy (non-hydrogen) atoms. The number of ether oxygens (including phenoxy) is 1. The fourth-order valence-electron chi connectivity index (χ4n) is 13.2. The standard InChI is InChI=1S/C51H53NO/c1-48(2)22-23-49(3,4)47-42(48)15-11-16-44(47)52(35-18-20-38-37-12-7-8-13-39(37)50(5,6)43(38)29-35)36-19-21-41-46(30-36)53-45-17-10-9-14-40(45)51(41)33-25-31-24-32(27-33)28-34(51)26-31/h7-21,29-34H,22-28H2,1-6H3. The highest BCUT2D eigenvalue weighted by Gasteiger charge is 2.61. The summed E-state index contributed by atoms with van der Waals surface area (Å²) in [6, 6.07) is 39.9. The molecule has 0 atom stereocenters. The molecule has 4 bridgehead atoms. The lowest BCUT2D eigenvalue weighted by atomic mass is 9.42. The van der Waals surface area contributed by atoms with Gasteiger partial charge in [-0.1, -0.05) is 108 Å². The molecule has 1 aliphatic heterocycles. The molecule has 1 spiro atoms. The predicted octanol–water partition coefficient (Wildman–Crippen LogP) is 13.7. The first-order chi connectivity index (χ1) is 25.5. The highest BCUT2D eigenvalue weighted by atomic mass is 16.5. The SMILES string of the molecule is CC1(C)CCC(C)(C)c2c(N(c3ccc4c(c3)Oc3ccccc3C43C4CC5CC(C4)CC3C5)c3ccc4c(c3)C(C)(C)c3ccccc3-4)cccc21. The van der Waals surface area contributed by atoms with Crippen LogP contribution in [0, 0.1) is 23.7 Å². The van der Waals surface area contributed by atoms with Crippen LogP contribution < -0.4 is 9.64 Å². The van der Waals surface area contributed by atoms with Crippen molar-refractivity contribution in [2.75, 3.05) is 4.90 Å².